The average Bonchev–Trinajstić information content (AvgIpc) is 2.45. The molecular weight excluding hydrogens is 258 g/mol. The molecule has 0 unspecified atom stereocenters. The molecule has 2 rings (SSSR count). The molecule has 20 heavy (non-hydrogen) atoms. The molecule has 1 aromatic rings. The zero-order valence-corrected chi connectivity index (χ0v) is 11.3. The molecule has 1 aliphatic rings. The Bertz CT molecular complexity index is 496. The first kappa shape index (κ1) is 14.3. The lowest BCUT2D eigenvalue weighted by molar-refractivity contribution is -0.137. The summed E-state index contributed by atoms with van der Waals surface area (Å²) < 4.78 is 0. The summed E-state index contributed by atoms with van der Waals surface area (Å²) in [7, 11) is 0. The second kappa shape index (κ2) is 6.38. The van der Waals surface area contributed by atoms with Crippen LogP contribution < -0.4 is 5.73 Å². The van der Waals surface area contributed by atoms with Gasteiger partial charge in [-0.3, -0.25) is 14.5 Å². The van der Waals surface area contributed by atoms with Crippen LogP contribution in [0.2, 0.25) is 0 Å². The predicted octanol–water partition coefficient (Wildman–Crippen LogP) is 0.501. The Morgan fingerprint density at radius 3 is 2.50 bits per heavy atom. The lowest BCUT2D eigenvalue weighted by Gasteiger charge is -2.34. The van der Waals surface area contributed by atoms with Crippen molar-refractivity contribution < 1.29 is 14.7 Å². The number of carbonyl (C=O) groups is 2. The van der Waals surface area contributed by atoms with E-state index in [-0.39, 0.29) is 12.3 Å². The molecule has 1 fully saturated rings. The van der Waals surface area contributed by atoms with Crippen molar-refractivity contribution in [2.45, 2.75) is 6.42 Å². The van der Waals surface area contributed by atoms with Crippen molar-refractivity contribution in [1.82, 2.24) is 9.80 Å². The number of carboxylic acid groups (broad SMARTS) is 1. The number of nitrogen functional groups attached to an aromatic ring is 1. The quantitative estimate of drug-likeness (QED) is 0.783. The fourth-order valence-corrected chi connectivity index (χ4v) is 2.28. The molecule has 3 N–H and O–H groups in total. The van der Waals surface area contributed by atoms with E-state index in [4.69, 9.17) is 10.8 Å². The molecule has 6 heteroatoms. The van der Waals surface area contributed by atoms with Crippen LogP contribution in [0.1, 0.15) is 16.8 Å². The van der Waals surface area contributed by atoms with E-state index in [2.05, 4.69) is 4.90 Å². The highest BCUT2D eigenvalue weighted by Crippen LogP contribution is 2.12. The Morgan fingerprint density at radius 2 is 1.90 bits per heavy atom. The fourth-order valence-electron chi connectivity index (χ4n) is 2.28. The van der Waals surface area contributed by atoms with Crippen molar-refractivity contribution in [3.05, 3.63) is 29.8 Å². The number of hydrogen-bond acceptors (Lipinski definition) is 4. The van der Waals surface area contributed by atoms with Gasteiger partial charge in [-0.15, -0.1) is 0 Å². The minimum Gasteiger partial charge on any atom is -0.481 e. The maximum Gasteiger partial charge on any atom is 0.304 e. The molecule has 0 aliphatic carbocycles. The van der Waals surface area contributed by atoms with Gasteiger partial charge in [-0.1, -0.05) is 6.07 Å². The summed E-state index contributed by atoms with van der Waals surface area (Å²) in [5.74, 6) is -0.807. The Kier molecular flexibility index (Phi) is 4.57. The molecule has 1 amide bonds. The largest absolute Gasteiger partial charge is 0.481 e. The lowest BCUT2D eigenvalue weighted by atomic mass is 10.1. The van der Waals surface area contributed by atoms with E-state index in [9.17, 15) is 9.59 Å². The molecule has 0 saturated carbocycles. The van der Waals surface area contributed by atoms with Gasteiger partial charge < -0.3 is 15.7 Å². The number of benzene rings is 1. The minimum atomic E-state index is -0.789. The number of nitrogens with zero attached hydrogens (tertiary/aromatic N) is 2. The van der Waals surface area contributed by atoms with Gasteiger partial charge in [-0.2, -0.15) is 0 Å². The molecular formula is C14H19N3O3. The predicted molar refractivity (Wildman–Crippen MR) is 75.5 cm³/mol. The summed E-state index contributed by atoms with van der Waals surface area (Å²) in [4.78, 5) is 26.7. The van der Waals surface area contributed by atoms with E-state index in [1.807, 2.05) is 0 Å². The first-order valence-corrected chi connectivity index (χ1v) is 6.65. The van der Waals surface area contributed by atoms with Crippen LogP contribution in [-0.2, 0) is 4.79 Å². The van der Waals surface area contributed by atoms with Gasteiger partial charge in [-0.25, -0.2) is 0 Å². The second-order valence-corrected chi connectivity index (χ2v) is 4.90. The van der Waals surface area contributed by atoms with Gasteiger partial charge in [0, 0.05) is 44.0 Å². The summed E-state index contributed by atoms with van der Waals surface area (Å²) >= 11 is 0. The summed E-state index contributed by atoms with van der Waals surface area (Å²) in [6, 6.07) is 6.96. The van der Waals surface area contributed by atoms with Crippen LogP contribution in [0.15, 0.2) is 24.3 Å². The van der Waals surface area contributed by atoms with Crippen LogP contribution in [-0.4, -0.2) is 59.5 Å². The number of aliphatic carboxylic acids is 1. The van der Waals surface area contributed by atoms with Crippen LogP contribution in [0.25, 0.3) is 0 Å². The second-order valence-electron chi connectivity index (χ2n) is 4.90. The number of rotatable bonds is 4. The summed E-state index contributed by atoms with van der Waals surface area (Å²) in [6.45, 7) is 3.19. The molecule has 1 saturated heterocycles. The first-order valence-electron chi connectivity index (χ1n) is 6.65. The topological polar surface area (TPSA) is 86.9 Å². The molecule has 0 aromatic heterocycles. The van der Waals surface area contributed by atoms with E-state index in [1.54, 1.807) is 29.2 Å². The summed E-state index contributed by atoms with van der Waals surface area (Å²) in [6.07, 6.45) is 0.142. The van der Waals surface area contributed by atoms with Crippen molar-refractivity contribution in [3.63, 3.8) is 0 Å². The van der Waals surface area contributed by atoms with E-state index >= 15 is 0 Å². The fraction of sp³-hybridized carbons (Fsp3) is 0.429. The maximum atomic E-state index is 12.3. The van der Waals surface area contributed by atoms with Crippen molar-refractivity contribution in [3.8, 4) is 0 Å². The van der Waals surface area contributed by atoms with Crippen molar-refractivity contribution in [1.29, 1.82) is 0 Å². The van der Waals surface area contributed by atoms with Gasteiger partial charge in [0.2, 0.25) is 0 Å². The van der Waals surface area contributed by atoms with Crippen LogP contribution in [0, 0.1) is 0 Å². The minimum absolute atomic E-state index is 0.0183. The van der Waals surface area contributed by atoms with Crippen LogP contribution in [0.4, 0.5) is 5.69 Å². The Balaban J connectivity index is 1.87. The number of amides is 1. The Hall–Kier alpha value is -2.08. The standard InChI is InChI=1S/C14H19N3O3/c15-12-3-1-2-11(10-12)14(20)17-8-6-16(7-9-17)5-4-13(18)19/h1-3,10H,4-9,15H2,(H,18,19). The third kappa shape index (κ3) is 3.71. The van der Waals surface area contributed by atoms with Crippen LogP contribution in [0.3, 0.4) is 0 Å². The van der Waals surface area contributed by atoms with Gasteiger partial charge in [0.05, 0.1) is 6.42 Å². The molecule has 1 aromatic carbocycles. The Morgan fingerprint density at radius 1 is 1.20 bits per heavy atom. The molecule has 0 atom stereocenters. The highest BCUT2D eigenvalue weighted by Gasteiger charge is 2.22. The highest BCUT2D eigenvalue weighted by molar-refractivity contribution is 5.95. The zero-order chi connectivity index (χ0) is 14.5. The number of piperazine rings is 1. The van der Waals surface area contributed by atoms with Crippen molar-refractivity contribution >= 4 is 17.6 Å². The molecule has 0 radical (unpaired) electrons. The summed E-state index contributed by atoms with van der Waals surface area (Å²) in [5.41, 5.74) is 6.86. The number of carbonyl (C=O) groups excluding carboxylic acids is 1. The van der Waals surface area contributed by atoms with Crippen molar-refractivity contribution in [2.24, 2.45) is 0 Å². The average molecular weight is 277 g/mol. The van der Waals surface area contributed by atoms with Crippen molar-refractivity contribution in [2.75, 3.05) is 38.5 Å². The molecule has 1 aliphatic heterocycles. The molecule has 6 nitrogen and oxygen atoms in total. The molecule has 0 spiro atoms. The normalized spacial score (nSPS) is 16.1. The molecule has 1 heterocycles. The zero-order valence-electron chi connectivity index (χ0n) is 11.3. The maximum absolute atomic E-state index is 12.3. The van der Waals surface area contributed by atoms with Crippen LogP contribution >= 0.6 is 0 Å². The van der Waals surface area contributed by atoms with E-state index < -0.39 is 5.97 Å². The first-order chi connectivity index (χ1) is 9.56. The smallest absolute Gasteiger partial charge is 0.304 e. The SMILES string of the molecule is Nc1cccc(C(=O)N2CCN(CCC(=O)O)CC2)c1. The molecule has 108 valence electrons. The van der Waals surface area contributed by atoms with Crippen LogP contribution in [0.5, 0.6) is 0 Å². The van der Waals surface area contributed by atoms with Gasteiger partial charge in [0.25, 0.3) is 5.91 Å². The van der Waals surface area contributed by atoms with Gasteiger partial charge >= 0.3 is 5.97 Å². The number of hydrogen-bond donors (Lipinski definition) is 2. The molecule has 0 bridgehead atoms. The monoisotopic (exact) mass is 277 g/mol. The number of anilines is 1. The lowest BCUT2D eigenvalue weighted by Crippen LogP contribution is -2.49. The summed E-state index contributed by atoms with van der Waals surface area (Å²) in [5, 5.41) is 8.66. The van der Waals surface area contributed by atoms with Gasteiger partial charge in [0.15, 0.2) is 0 Å². The third-order valence-corrected chi connectivity index (χ3v) is 3.43. The van der Waals surface area contributed by atoms with Gasteiger partial charge in [-0.05, 0) is 18.2 Å². The third-order valence-electron chi connectivity index (χ3n) is 3.43. The van der Waals surface area contributed by atoms with E-state index in [0.29, 0.717) is 44.0 Å². The number of carboxylic acids is 1. The van der Waals surface area contributed by atoms with E-state index in [1.165, 1.54) is 0 Å². The Labute approximate surface area is 117 Å². The van der Waals surface area contributed by atoms with Gasteiger partial charge in [0.1, 0.15) is 0 Å². The number of nitrogens with two attached hydrogens (primary N) is 1. The van der Waals surface area contributed by atoms with E-state index in [0.717, 1.165) is 0 Å². The highest BCUT2D eigenvalue weighted by atomic mass is 16.4.